The molecule has 1 N–H and O–H groups in total. The SMILES string of the molecule is Cc1cc(Br)ccc1N1CCCN(C)CC1CO. The number of hydrogen-bond acceptors (Lipinski definition) is 3. The van der Waals surface area contributed by atoms with Crippen LogP contribution in [0.5, 0.6) is 0 Å². The molecule has 100 valence electrons. The van der Waals surface area contributed by atoms with Crippen LogP contribution in [0.3, 0.4) is 0 Å². The van der Waals surface area contributed by atoms with Gasteiger partial charge >= 0.3 is 0 Å². The standard InChI is InChI=1S/C14H21BrN2O/c1-11-8-12(15)4-5-14(11)17-7-3-6-16(2)9-13(17)10-18/h4-5,8,13,18H,3,6-7,9-10H2,1-2H3. The Morgan fingerprint density at radius 1 is 1.39 bits per heavy atom. The summed E-state index contributed by atoms with van der Waals surface area (Å²) in [5, 5.41) is 9.63. The van der Waals surface area contributed by atoms with Crippen LogP contribution in [-0.2, 0) is 0 Å². The minimum atomic E-state index is 0.192. The topological polar surface area (TPSA) is 26.7 Å². The van der Waals surface area contributed by atoms with E-state index in [9.17, 15) is 5.11 Å². The summed E-state index contributed by atoms with van der Waals surface area (Å²) < 4.78 is 1.11. The van der Waals surface area contributed by atoms with Gasteiger partial charge in [-0.3, -0.25) is 0 Å². The highest BCUT2D eigenvalue weighted by Gasteiger charge is 2.23. The highest BCUT2D eigenvalue weighted by Crippen LogP contribution is 2.26. The highest BCUT2D eigenvalue weighted by atomic mass is 79.9. The number of anilines is 1. The van der Waals surface area contributed by atoms with Gasteiger partial charge in [0.1, 0.15) is 0 Å². The van der Waals surface area contributed by atoms with Crippen molar-refractivity contribution >= 4 is 21.6 Å². The molecular weight excluding hydrogens is 292 g/mol. The van der Waals surface area contributed by atoms with Crippen LogP contribution in [0.25, 0.3) is 0 Å². The monoisotopic (exact) mass is 312 g/mol. The lowest BCUT2D eigenvalue weighted by molar-refractivity contribution is 0.229. The van der Waals surface area contributed by atoms with Crippen molar-refractivity contribution in [2.75, 3.05) is 38.2 Å². The number of likely N-dealkylation sites (N-methyl/N-ethyl adjacent to an activating group) is 1. The van der Waals surface area contributed by atoms with Crippen LogP contribution in [0.1, 0.15) is 12.0 Å². The lowest BCUT2D eigenvalue weighted by Crippen LogP contribution is -2.43. The van der Waals surface area contributed by atoms with E-state index in [0.29, 0.717) is 0 Å². The first-order valence-corrected chi connectivity index (χ1v) is 7.23. The molecule has 0 aromatic heterocycles. The molecule has 1 saturated heterocycles. The maximum atomic E-state index is 9.63. The van der Waals surface area contributed by atoms with E-state index in [2.05, 4.69) is 57.9 Å². The second-order valence-electron chi connectivity index (χ2n) is 5.08. The molecule has 0 aliphatic carbocycles. The third kappa shape index (κ3) is 3.05. The number of rotatable bonds is 2. The molecule has 0 amide bonds. The number of benzene rings is 1. The molecule has 0 bridgehead atoms. The van der Waals surface area contributed by atoms with Crippen LogP contribution in [0.15, 0.2) is 22.7 Å². The summed E-state index contributed by atoms with van der Waals surface area (Å²) in [6.45, 7) is 5.37. The molecule has 1 aromatic rings. The second kappa shape index (κ2) is 6.04. The fourth-order valence-electron chi connectivity index (χ4n) is 2.66. The Morgan fingerprint density at radius 2 is 2.17 bits per heavy atom. The van der Waals surface area contributed by atoms with Crippen LogP contribution < -0.4 is 4.90 Å². The van der Waals surface area contributed by atoms with E-state index in [-0.39, 0.29) is 12.6 Å². The lowest BCUT2D eigenvalue weighted by atomic mass is 10.1. The summed E-state index contributed by atoms with van der Waals surface area (Å²) in [5.41, 5.74) is 2.50. The second-order valence-corrected chi connectivity index (χ2v) is 5.99. The summed E-state index contributed by atoms with van der Waals surface area (Å²) >= 11 is 3.50. The Kier molecular flexibility index (Phi) is 4.65. The molecule has 1 atom stereocenters. The molecule has 3 nitrogen and oxygen atoms in total. The Hall–Kier alpha value is -0.580. The number of aliphatic hydroxyl groups excluding tert-OH is 1. The molecule has 0 saturated carbocycles. The fourth-order valence-corrected chi connectivity index (χ4v) is 3.13. The van der Waals surface area contributed by atoms with E-state index in [4.69, 9.17) is 0 Å². The van der Waals surface area contributed by atoms with Crippen LogP contribution >= 0.6 is 15.9 Å². The van der Waals surface area contributed by atoms with Gasteiger partial charge in [0.15, 0.2) is 0 Å². The number of nitrogens with zero attached hydrogens (tertiary/aromatic N) is 2. The molecule has 1 aliphatic rings. The van der Waals surface area contributed by atoms with Gasteiger partial charge < -0.3 is 14.9 Å². The third-order valence-corrected chi connectivity index (χ3v) is 4.07. The largest absolute Gasteiger partial charge is 0.394 e. The van der Waals surface area contributed by atoms with E-state index in [1.165, 1.54) is 11.3 Å². The normalized spacial score (nSPS) is 22.0. The van der Waals surface area contributed by atoms with Crippen LogP contribution in [-0.4, -0.2) is 49.3 Å². The Balaban J connectivity index is 2.28. The van der Waals surface area contributed by atoms with Crippen LogP contribution in [0.4, 0.5) is 5.69 Å². The predicted octanol–water partition coefficient (Wildman–Crippen LogP) is 2.26. The van der Waals surface area contributed by atoms with E-state index in [0.717, 1.165) is 30.5 Å². The molecule has 4 heteroatoms. The van der Waals surface area contributed by atoms with Gasteiger partial charge in [-0.2, -0.15) is 0 Å². The molecule has 1 fully saturated rings. The summed E-state index contributed by atoms with van der Waals surface area (Å²) in [5.74, 6) is 0. The molecule has 18 heavy (non-hydrogen) atoms. The molecule has 1 aliphatic heterocycles. The van der Waals surface area contributed by atoms with E-state index in [1.807, 2.05) is 0 Å². The first-order chi connectivity index (χ1) is 8.61. The lowest BCUT2D eigenvalue weighted by Gasteiger charge is -2.32. The van der Waals surface area contributed by atoms with Gasteiger partial charge in [0.25, 0.3) is 0 Å². The van der Waals surface area contributed by atoms with E-state index in [1.54, 1.807) is 0 Å². The van der Waals surface area contributed by atoms with Crippen molar-refractivity contribution in [3.8, 4) is 0 Å². The minimum Gasteiger partial charge on any atom is -0.394 e. The van der Waals surface area contributed by atoms with Gasteiger partial charge in [0.2, 0.25) is 0 Å². The van der Waals surface area contributed by atoms with E-state index < -0.39 is 0 Å². The Labute approximate surface area is 118 Å². The predicted molar refractivity (Wildman–Crippen MR) is 79.2 cm³/mol. The average Bonchev–Trinajstić information content (AvgIpc) is 2.51. The van der Waals surface area contributed by atoms with Gasteiger partial charge in [-0.1, -0.05) is 15.9 Å². The van der Waals surface area contributed by atoms with Crippen molar-refractivity contribution in [2.45, 2.75) is 19.4 Å². The smallest absolute Gasteiger partial charge is 0.0647 e. The number of hydrogen-bond donors (Lipinski definition) is 1. The number of aliphatic hydroxyl groups is 1. The Morgan fingerprint density at radius 3 is 2.83 bits per heavy atom. The number of halogens is 1. The Bertz CT molecular complexity index is 411. The maximum Gasteiger partial charge on any atom is 0.0647 e. The van der Waals surface area contributed by atoms with Crippen molar-refractivity contribution in [1.29, 1.82) is 0 Å². The summed E-state index contributed by atoms with van der Waals surface area (Å²) in [7, 11) is 2.13. The van der Waals surface area contributed by atoms with E-state index >= 15 is 0 Å². The van der Waals surface area contributed by atoms with Crippen molar-refractivity contribution in [1.82, 2.24) is 4.90 Å². The molecule has 0 spiro atoms. The summed E-state index contributed by atoms with van der Waals surface area (Å²) in [6.07, 6.45) is 1.14. The van der Waals surface area contributed by atoms with Crippen molar-refractivity contribution in [2.24, 2.45) is 0 Å². The van der Waals surface area contributed by atoms with Gasteiger partial charge in [-0.15, -0.1) is 0 Å². The fraction of sp³-hybridized carbons (Fsp3) is 0.571. The zero-order valence-electron chi connectivity index (χ0n) is 11.1. The molecule has 1 unspecified atom stereocenters. The van der Waals surface area contributed by atoms with Crippen molar-refractivity contribution < 1.29 is 5.11 Å². The zero-order chi connectivity index (χ0) is 13.1. The number of aryl methyl sites for hydroxylation is 1. The molecule has 2 rings (SSSR count). The molecule has 1 aromatic carbocycles. The third-order valence-electron chi connectivity index (χ3n) is 3.58. The average molecular weight is 313 g/mol. The minimum absolute atomic E-state index is 0.192. The first-order valence-electron chi connectivity index (χ1n) is 6.44. The van der Waals surface area contributed by atoms with Gasteiger partial charge in [-0.05, 0) is 50.7 Å². The van der Waals surface area contributed by atoms with Crippen LogP contribution in [0, 0.1) is 6.92 Å². The van der Waals surface area contributed by atoms with Crippen molar-refractivity contribution in [3.63, 3.8) is 0 Å². The first kappa shape index (κ1) is 13.8. The zero-order valence-corrected chi connectivity index (χ0v) is 12.7. The quantitative estimate of drug-likeness (QED) is 0.907. The highest BCUT2D eigenvalue weighted by molar-refractivity contribution is 9.10. The summed E-state index contributed by atoms with van der Waals surface area (Å²) in [4.78, 5) is 4.65. The van der Waals surface area contributed by atoms with Gasteiger partial charge in [-0.25, -0.2) is 0 Å². The van der Waals surface area contributed by atoms with Crippen molar-refractivity contribution in [3.05, 3.63) is 28.2 Å². The maximum absolute atomic E-state index is 9.63. The van der Waals surface area contributed by atoms with Gasteiger partial charge in [0.05, 0.1) is 12.6 Å². The summed E-state index contributed by atoms with van der Waals surface area (Å²) in [6, 6.07) is 6.55. The van der Waals surface area contributed by atoms with Gasteiger partial charge in [0, 0.05) is 23.2 Å². The van der Waals surface area contributed by atoms with Crippen LogP contribution in [0.2, 0.25) is 0 Å². The molecule has 0 radical (unpaired) electrons. The molecule has 1 heterocycles. The molecular formula is C14H21BrN2O.